The number of halogens is 2. The van der Waals surface area contributed by atoms with Crippen LogP contribution >= 0.6 is 23.2 Å². The number of ether oxygens (including phenoxy) is 1. The van der Waals surface area contributed by atoms with E-state index in [0.717, 1.165) is 0 Å². The van der Waals surface area contributed by atoms with Gasteiger partial charge in [-0.15, -0.1) is 0 Å². The predicted octanol–water partition coefficient (Wildman–Crippen LogP) is 3.89. The molecule has 0 unspecified atom stereocenters. The van der Waals surface area contributed by atoms with Crippen LogP contribution in [0.3, 0.4) is 0 Å². The summed E-state index contributed by atoms with van der Waals surface area (Å²) in [5, 5.41) is 9.62. The van der Waals surface area contributed by atoms with Gasteiger partial charge in [0.1, 0.15) is 0 Å². The van der Waals surface area contributed by atoms with Crippen molar-refractivity contribution in [3.63, 3.8) is 0 Å². The van der Waals surface area contributed by atoms with Crippen LogP contribution in [0.2, 0.25) is 10.0 Å². The fourth-order valence-corrected chi connectivity index (χ4v) is 1.79. The molecule has 1 aromatic rings. The van der Waals surface area contributed by atoms with Crippen LogP contribution in [0.15, 0.2) is 12.1 Å². The number of nitrogens with two attached hydrogens (primary N) is 1. The van der Waals surface area contributed by atoms with Gasteiger partial charge in [0.25, 0.3) is 0 Å². The molecule has 0 fully saturated rings. The Kier molecular flexibility index (Phi) is 4.50. The Bertz CT molecular complexity index is 429. The summed E-state index contributed by atoms with van der Waals surface area (Å²) in [6.07, 6.45) is 0.598. The quantitative estimate of drug-likeness (QED) is 0.846. The first-order valence-electron chi connectivity index (χ1n) is 5.14. The van der Waals surface area contributed by atoms with Crippen LogP contribution in [-0.2, 0) is 0 Å². The first kappa shape index (κ1) is 14.0. The second kappa shape index (κ2) is 5.48. The summed E-state index contributed by atoms with van der Waals surface area (Å²) < 4.78 is 5.49. The van der Waals surface area contributed by atoms with E-state index in [0.29, 0.717) is 34.5 Å². The van der Waals surface area contributed by atoms with E-state index in [-0.39, 0.29) is 0 Å². The molecular weight excluding hydrogens is 259 g/mol. The lowest BCUT2D eigenvalue weighted by Crippen LogP contribution is -2.13. The molecule has 0 aliphatic carbocycles. The highest BCUT2D eigenvalue weighted by molar-refractivity contribution is 6.37. The Morgan fingerprint density at radius 1 is 1.35 bits per heavy atom. The molecule has 0 saturated heterocycles. The molecule has 0 amide bonds. The summed E-state index contributed by atoms with van der Waals surface area (Å²) in [6, 6.07) is 5.36. The van der Waals surface area contributed by atoms with Crippen LogP contribution in [0.25, 0.3) is 0 Å². The minimum absolute atomic E-state index is 0.379. The number of benzene rings is 1. The molecule has 5 heteroatoms. The van der Waals surface area contributed by atoms with E-state index in [1.54, 1.807) is 12.1 Å². The summed E-state index contributed by atoms with van der Waals surface area (Å²) in [7, 11) is 0. The molecule has 0 spiro atoms. The van der Waals surface area contributed by atoms with Crippen molar-refractivity contribution in [1.82, 2.24) is 0 Å². The van der Waals surface area contributed by atoms with Crippen LogP contribution in [0.5, 0.6) is 5.75 Å². The third kappa shape index (κ3) is 3.99. The van der Waals surface area contributed by atoms with Crippen molar-refractivity contribution in [1.29, 1.82) is 5.26 Å². The molecule has 0 radical (unpaired) electrons. The van der Waals surface area contributed by atoms with E-state index < -0.39 is 5.41 Å². The van der Waals surface area contributed by atoms with Crippen LogP contribution in [0.1, 0.15) is 20.3 Å². The molecule has 0 atom stereocenters. The maximum atomic E-state index is 8.86. The summed E-state index contributed by atoms with van der Waals surface area (Å²) in [6.45, 7) is 4.08. The zero-order valence-electron chi connectivity index (χ0n) is 9.76. The van der Waals surface area contributed by atoms with Crippen LogP contribution in [0.4, 0.5) is 5.69 Å². The van der Waals surface area contributed by atoms with Crippen molar-refractivity contribution < 1.29 is 4.74 Å². The smallest absolute Gasteiger partial charge is 0.156 e. The average Bonchev–Trinajstić information content (AvgIpc) is 2.22. The molecule has 0 saturated carbocycles. The molecule has 0 heterocycles. The van der Waals surface area contributed by atoms with E-state index in [4.69, 9.17) is 38.9 Å². The number of nitrogen functional groups attached to an aromatic ring is 1. The van der Waals surface area contributed by atoms with E-state index in [9.17, 15) is 0 Å². The zero-order valence-corrected chi connectivity index (χ0v) is 11.3. The highest BCUT2D eigenvalue weighted by Crippen LogP contribution is 2.35. The second-order valence-corrected chi connectivity index (χ2v) is 5.22. The molecule has 2 N–H and O–H groups in total. The Balaban J connectivity index is 2.68. The Morgan fingerprint density at radius 2 is 1.88 bits per heavy atom. The third-order valence-corrected chi connectivity index (χ3v) is 2.86. The molecule has 0 bridgehead atoms. The number of hydrogen-bond donors (Lipinski definition) is 1. The van der Waals surface area contributed by atoms with Crippen LogP contribution in [-0.4, -0.2) is 6.61 Å². The van der Waals surface area contributed by atoms with Crippen LogP contribution < -0.4 is 10.5 Å². The number of nitriles is 1. The summed E-state index contributed by atoms with van der Waals surface area (Å²) in [4.78, 5) is 0. The Hall–Kier alpha value is -1.11. The molecule has 3 nitrogen and oxygen atoms in total. The van der Waals surface area contributed by atoms with Crippen molar-refractivity contribution in [2.45, 2.75) is 20.3 Å². The molecule has 0 aliphatic rings. The molecule has 1 rings (SSSR count). The zero-order chi connectivity index (χ0) is 13.1. The molecule has 1 aromatic carbocycles. The van der Waals surface area contributed by atoms with Gasteiger partial charge in [-0.2, -0.15) is 5.26 Å². The Morgan fingerprint density at radius 3 is 2.35 bits per heavy atom. The number of rotatable bonds is 4. The van der Waals surface area contributed by atoms with Crippen molar-refractivity contribution in [3.8, 4) is 11.8 Å². The summed E-state index contributed by atoms with van der Waals surface area (Å²) in [5.41, 5.74) is 5.65. The fraction of sp³-hybridized carbons (Fsp3) is 0.417. The average molecular weight is 273 g/mol. The number of hydrogen-bond acceptors (Lipinski definition) is 3. The number of nitrogens with zero attached hydrogens (tertiary/aromatic N) is 1. The van der Waals surface area contributed by atoms with Gasteiger partial charge in [0.05, 0.1) is 28.1 Å². The molecular formula is C12H14Cl2N2O. The Labute approximate surface area is 111 Å². The standard InChI is InChI=1S/C12H14Cl2N2O/c1-12(2,7-15)3-4-17-11-9(13)5-8(16)6-10(11)14/h5-6H,3-4,16H2,1-2H3. The predicted molar refractivity (Wildman–Crippen MR) is 70.4 cm³/mol. The molecule has 0 aromatic heterocycles. The lowest BCUT2D eigenvalue weighted by atomic mass is 9.92. The highest BCUT2D eigenvalue weighted by atomic mass is 35.5. The minimum atomic E-state index is -0.424. The minimum Gasteiger partial charge on any atom is -0.490 e. The molecule has 92 valence electrons. The van der Waals surface area contributed by atoms with Gasteiger partial charge in [0.15, 0.2) is 5.75 Å². The van der Waals surface area contributed by atoms with Gasteiger partial charge in [-0.3, -0.25) is 0 Å². The third-order valence-electron chi connectivity index (χ3n) is 2.30. The molecule has 17 heavy (non-hydrogen) atoms. The summed E-state index contributed by atoms with van der Waals surface area (Å²) >= 11 is 11.9. The molecule has 0 aliphatic heterocycles. The lowest BCUT2D eigenvalue weighted by Gasteiger charge is -2.16. The number of anilines is 1. The first-order valence-corrected chi connectivity index (χ1v) is 5.90. The van der Waals surface area contributed by atoms with E-state index >= 15 is 0 Å². The van der Waals surface area contributed by atoms with Gasteiger partial charge in [0, 0.05) is 5.69 Å². The topological polar surface area (TPSA) is 59.0 Å². The normalized spacial score (nSPS) is 11.0. The van der Waals surface area contributed by atoms with Gasteiger partial charge < -0.3 is 10.5 Å². The van der Waals surface area contributed by atoms with Crippen LogP contribution in [0, 0.1) is 16.7 Å². The highest BCUT2D eigenvalue weighted by Gasteiger charge is 2.17. The van der Waals surface area contributed by atoms with Gasteiger partial charge >= 0.3 is 0 Å². The van der Waals surface area contributed by atoms with Crippen molar-refractivity contribution in [2.24, 2.45) is 5.41 Å². The van der Waals surface area contributed by atoms with Crippen molar-refractivity contribution >= 4 is 28.9 Å². The van der Waals surface area contributed by atoms with Crippen molar-refractivity contribution in [3.05, 3.63) is 22.2 Å². The van der Waals surface area contributed by atoms with E-state index in [1.165, 1.54) is 0 Å². The largest absolute Gasteiger partial charge is 0.490 e. The first-order chi connectivity index (χ1) is 7.85. The van der Waals surface area contributed by atoms with Gasteiger partial charge in [-0.1, -0.05) is 23.2 Å². The van der Waals surface area contributed by atoms with Gasteiger partial charge in [-0.25, -0.2) is 0 Å². The maximum absolute atomic E-state index is 8.86. The second-order valence-electron chi connectivity index (χ2n) is 4.41. The maximum Gasteiger partial charge on any atom is 0.156 e. The fourth-order valence-electron chi connectivity index (χ4n) is 1.18. The SMILES string of the molecule is CC(C)(C#N)CCOc1c(Cl)cc(N)cc1Cl. The lowest BCUT2D eigenvalue weighted by molar-refractivity contribution is 0.264. The van der Waals surface area contributed by atoms with Crippen molar-refractivity contribution in [2.75, 3.05) is 12.3 Å². The monoisotopic (exact) mass is 272 g/mol. The van der Waals surface area contributed by atoms with E-state index in [2.05, 4.69) is 6.07 Å². The van der Waals surface area contributed by atoms with Gasteiger partial charge in [0.2, 0.25) is 0 Å². The van der Waals surface area contributed by atoms with E-state index in [1.807, 2.05) is 13.8 Å². The van der Waals surface area contributed by atoms with Gasteiger partial charge in [-0.05, 0) is 32.4 Å². The summed E-state index contributed by atoms with van der Waals surface area (Å²) in [5.74, 6) is 0.413.